The first-order chi connectivity index (χ1) is 8.02. The standard InChI is InChI=1S/C6H6O.C6H7.C3H6.Ti/c7-6-4-2-1-3-5-6;1-6-4-2-3-5-6;1-3-2;/h1-5,7H;2,4H,3H2,1H3;1-2H3;/q;-1;;+1. The second-order valence-electron chi connectivity index (χ2n) is 3.80. The van der Waals surface area contributed by atoms with Gasteiger partial charge >= 0.3 is 37.6 Å². The van der Waals surface area contributed by atoms with Gasteiger partial charge in [0.25, 0.3) is 0 Å². The van der Waals surface area contributed by atoms with Gasteiger partial charge in [0, 0.05) is 0 Å². The molecular formula is C15H19OTi. The van der Waals surface area contributed by atoms with Gasteiger partial charge in [-0.3, -0.25) is 6.08 Å². The molecule has 0 fully saturated rings. The minimum absolute atomic E-state index is 0.322. The van der Waals surface area contributed by atoms with Gasteiger partial charge in [0.1, 0.15) is 5.75 Å². The maximum atomic E-state index is 8.63. The van der Waals surface area contributed by atoms with Crippen LogP contribution in [0.25, 0.3) is 0 Å². The van der Waals surface area contributed by atoms with Gasteiger partial charge in [-0.05, 0) is 12.1 Å². The summed E-state index contributed by atoms with van der Waals surface area (Å²) in [7, 11) is 0. The Labute approximate surface area is 116 Å². The van der Waals surface area contributed by atoms with E-state index < -0.39 is 0 Å². The normalized spacial score (nSPS) is 11.7. The van der Waals surface area contributed by atoms with Gasteiger partial charge in [-0.2, -0.15) is 6.08 Å². The zero-order valence-electron chi connectivity index (χ0n) is 10.7. The fraction of sp³-hybridized carbons (Fsp3) is 0.267. The Bertz CT molecular complexity index is 370. The first kappa shape index (κ1) is 16.1. The molecule has 1 aromatic rings. The quantitative estimate of drug-likeness (QED) is 0.557. The Hall–Kier alpha value is -0.916. The molecular weight excluding hydrogens is 244 g/mol. The van der Waals surface area contributed by atoms with Gasteiger partial charge in [-0.1, -0.05) is 25.1 Å². The van der Waals surface area contributed by atoms with Crippen molar-refractivity contribution in [1.82, 2.24) is 0 Å². The SMILES string of the molecule is CC1=[C-]CC=C1.C[C](C)=[Ti+].Oc1ccccc1. The van der Waals surface area contributed by atoms with Crippen molar-refractivity contribution >= 4 is 3.81 Å². The number of hydrogen-bond donors (Lipinski definition) is 1. The zero-order valence-corrected chi connectivity index (χ0v) is 12.3. The molecule has 1 nitrogen and oxygen atoms in total. The summed E-state index contributed by atoms with van der Waals surface area (Å²) < 4.78 is 1.42. The van der Waals surface area contributed by atoms with Crippen LogP contribution in [0.2, 0.25) is 0 Å². The van der Waals surface area contributed by atoms with Crippen molar-refractivity contribution in [3.8, 4) is 5.75 Å². The predicted octanol–water partition coefficient (Wildman–Crippen LogP) is 3.83. The molecule has 0 atom stereocenters. The molecule has 0 spiro atoms. The number of phenols is 1. The van der Waals surface area contributed by atoms with Gasteiger partial charge < -0.3 is 5.11 Å². The third-order valence-electron chi connectivity index (χ3n) is 1.62. The summed E-state index contributed by atoms with van der Waals surface area (Å²) in [5, 5.41) is 8.63. The summed E-state index contributed by atoms with van der Waals surface area (Å²) in [4.78, 5) is 0. The van der Waals surface area contributed by atoms with Gasteiger partial charge in [-0.25, -0.2) is 11.6 Å². The van der Waals surface area contributed by atoms with Crippen molar-refractivity contribution in [3.05, 3.63) is 54.1 Å². The van der Waals surface area contributed by atoms with Crippen LogP contribution in [0.1, 0.15) is 27.2 Å². The first-order valence-corrected chi connectivity index (χ1v) is 6.30. The van der Waals surface area contributed by atoms with Crippen molar-refractivity contribution in [2.45, 2.75) is 27.2 Å². The predicted molar refractivity (Wildman–Crippen MR) is 70.6 cm³/mol. The summed E-state index contributed by atoms with van der Waals surface area (Å²) in [6.07, 6.45) is 8.33. The Morgan fingerprint density at radius 2 is 1.76 bits per heavy atom. The molecule has 2 heteroatoms. The summed E-state index contributed by atoms with van der Waals surface area (Å²) in [6.45, 7) is 6.23. The molecule has 0 heterocycles. The third-order valence-corrected chi connectivity index (χ3v) is 1.62. The molecule has 0 saturated heterocycles. The Kier molecular flexibility index (Phi) is 9.70. The average Bonchev–Trinajstić information content (AvgIpc) is 2.70. The van der Waals surface area contributed by atoms with Crippen LogP contribution in [0.3, 0.4) is 0 Å². The number of aromatic hydroxyl groups is 1. The number of allylic oxidation sites excluding steroid dienone is 4. The molecule has 0 unspecified atom stereocenters. The van der Waals surface area contributed by atoms with E-state index in [9.17, 15) is 0 Å². The monoisotopic (exact) mass is 263 g/mol. The maximum Gasteiger partial charge on any atom is 0.115 e. The van der Waals surface area contributed by atoms with Crippen LogP contribution < -0.4 is 0 Å². The third kappa shape index (κ3) is 13.0. The second-order valence-corrected chi connectivity index (χ2v) is 5.36. The summed E-state index contributed by atoms with van der Waals surface area (Å²) in [5.74, 6) is 0.322. The van der Waals surface area contributed by atoms with Crippen LogP contribution in [0.5, 0.6) is 5.75 Å². The van der Waals surface area contributed by atoms with Crippen molar-refractivity contribution in [2.24, 2.45) is 0 Å². The van der Waals surface area contributed by atoms with E-state index in [1.54, 1.807) is 24.3 Å². The molecule has 1 aliphatic rings. The minimum atomic E-state index is 0.322. The molecule has 89 valence electrons. The molecule has 2 rings (SSSR count). The molecule has 1 N–H and O–H groups in total. The Morgan fingerprint density at radius 3 is 1.94 bits per heavy atom. The van der Waals surface area contributed by atoms with Crippen molar-refractivity contribution in [1.29, 1.82) is 0 Å². The second kappa shape index (κ2) is 10.3. The van der Waals surface area contributed by atoms with Crippen LogP contribution in [0.15, 0.2) is 48.1 Å². The van der Waals surface area contributed by atoms with Crippen LogP contribution in [-0.4, -0.2) is 8.92 Å². The molecule has 1 aromatic carbocycles. The zero-order chi connectivity index (χ0) is 13.1. The van der Waals surface area contributed by atoms with E-state index in [0.29, 0.717) is 5.75 Å². The van der Waals surface area contributed by atoms with Gasteiger partial charge in [0.15, 0.2) is 0 Å². The van der Waals surface area contributed by atoms with Gasteiger partial charge in [-0.15, -0.1) is 6.42 Å². The Morgan fingerprint density at radius 1 is 1.24 bits per heavy atom. The van der Waals surface area contributed by atoms with Gasteiger partial charge in [0.05, 0.1) is 0 Å². The number of phenolic OH excluding ortho intramolecular Hbond substituents is 1. The molecule has 0 amide bonds. The van der Waals surface area contributed by atoms with Crippen LogP contribution in [-0.2, 0) is 20.0 Å². The molecule has 0 bridgehead atoms. The first-order valence-electron chi connectivity index (χ1n) is 5.52. The van der Waals surface area contributed by atoms with Crippen molar-refractivity contribution in [2.75, 3.05) is 0 Å². The van der Waals surface area contributed by atoms with E-state index in [1.807, 2.05) is 6.07 Å². The fourth-order valence-corrected chi connectivity index (χ4v) is 0.943. The largest absolute Gasteiger partial charge is 0.508 e. The maximum absolute atomic E-state index is 8.63. The molecule has 1 aliphatic carbocycles. The molecule has 0 saturated carbocycles. The smallest absolute Gasteiger partial charge is 0.115 e. The average molecular weight is 263 g/mol. The van der Waals surface area contributed by atoms with E-state index in [-0.39, 0.29) is 0 Å². The van der Waals surface area contributed by atoms with E-state index in [0.717, 1.165) is 6.42 Å². The Balaban J connectivity index is 0.000000236. The number of benzene rings is 1. The van der Waals surface area contributed by atoms with E-state index in [4.69, 9.17) is 5.11 Å². The van der Waals surface area contributed by atoms with Crippen LogP contribution in [0.4, 0.5) is 0 Å². The van der Waals surface area contributed by atoms with Crippen LogP contribution >= 0.6 is 0 Å². The van der Waals surface area contributed by atoms with E-state index >= 15 is 0 Å². The van der Waals surface area contributed by atoms with Gasteiger partial charge in [0.2, 0.25) is 0 Å². The summed E-state index contributed by atoms with van der Waals surface area (Å²) in [6, 6.07) is 8.71. The minimum Gasteiger partial charge on any atom is -0.508 e. The fourth-order valence-electron chi connectivity index (χ4n) is 0.943. The van der Waals surface area contributed by atoms with E-state index in [2.05, 4.69) is 59.0 Å². The number of hydrogen-bond acceptors (Lipinski definition) is 1. The van der Waals surface area contributed by atoms with E-state index in [1.165, 1.54) is 9.38 Å². The van der Waals surface area contributed by atoms with Crippen molar-refractivity contribution in [3.63, 3.8) is 0 Å². The summed E-state index contributed by atoms with van der Waals surface area (Å²) >= 11 is 2.08. The molecule has 0 radical (unpaired) electrons. The molecule has 0 aromatic heterocycles. The molecule has 17 heavy (non-hydrogen) atoms. The van der Waals surface area contributed by atoms with Crippen molar-refractivity contribution < 1.29 is 25.1 Å². The van der Waals surface area contributed by atoms with Crippen LogP contribution in [0, 0.1) is 6.08 Å². The molecule has 0 aliphatic heterocycles. The number of para-hydroxylation sites is 1. The number of rotatable bonds is 0. The topological polar surface area (TPSA) is 20.2 Å². The summed E-state index contributed by atoms with van der Waals surface area (Å²) in [5.41, 5.74) is 1.27.